The van der Waals surface area contributed by atoms with Crippen molar-refractivity contribution in [2.24, 2.45) is 0 Å². The van der Waals surface area contributed by atoms with E-state index in [0.29, 0.717) is 6.04 Å². The zero-order chi connectivity index (χ0) is 10.7. The highest BCUT2D eigenvalue weighted by Crippen LogP contribution is 2.22. The van der Waals surface area contributed by atoms with Crippen molar-refractivity contribution in [3.63, 3.8) is 0 Å². The van der Waals surface area contributed by atoms with Crippen molar-refractivity contribution in [3.8, 4) is 0 Å². The molecular formula is C13H19NO. The third kappa shape index (κ3) is 2.58. The first-order chi connectivity index (χ1) is 7.27. The summed E-state index contributed by atoms with van der Waals surface area (Å²) in [4.78, 5) is 0. The maximum absolute atomic E-state index is 9.72. The lowest BCUT2D eigenvalue weighted by atomic mass is 10.1. The lowest BCUT2D eigenvalue weighted by Gasteiger charge is -2.22. The van der Waals surface area contributed by atoms with Crippen LogP contribution in [0.4, 0.5) is 0 Å². The number of aliphatic hydroxyl groups excluding tert-OH is 1. The van der Waals surface area contributed by atoms with Gasteiger partial charge in [0, 0.05) is 12.1 Å². The SMILES string of the molecule is C[C@@H](N[C@@H]1CCC[C@@H]1O)c1ccccc1. The van der Waals surface area contributed by atoms with Crippen LogP contribution in [0.1, 0.15) is 37.8 Å². The van der Waals surface area contributed by atoms with Crippen LogP contribution in [0.5, 0.6) is 0 Å². The van der Waals surface area contributed by atoms with Crippen LogP contribution in [0.15, 0.2) is 30.3 Å². The van der Waals surface area contributed by atoms with Gasteiger partial charge in [0.2, 0.25) is 0 Å². The molecule has 1 aromatic rings. The Bertz CT molecular complexity index is 299. The zero-order valence-electron chi connectivity index (χ0n) is 9.19. The molecule has 2 N–H and O–H groups in total. The van der Waals surface area contributed by atoms with E-state index in [1.165, 1.54) is 5.56 Å². The predicted molar refractivity (Wildman–Crippen MR) is 61.6 cm³/mol. The van der Waals surface area contributed by atoms with Crippen LogP contribution >= 0.6 is 0 Å². The summed E-state index contributed by atoms with van der Waals surface area (Å²) in [6.07, 6.45) is 3.02. The molecule has 2 nitrogen and oxygen atoms in total. The molecule has 3 atom stereocenters. The quantitative estimate of drug-likeness (QED) is 0.793. The minimum atomic E-state index is -0.156. The van der Waals surface area contributed by atoms with Gasteiger partial charge in [0.1, 0.15) is 0 Å². The Morgan fingerprint density at radius 3 is 2.60 bits per heavy atom. The summed E-state index contributed by atoms with van der Waals surface area (Å²) in [5, 5.41) is 13.2. The molecule has 0 aromatic heterocycles. The summed E-state index contributed by atoms with van der Waals surface area (Å²) in [7, 11) is 0. The Labute approximate surface area is 91.3 Å². The van der Waals surface area contributed by atoms with Crippen molar-refractivity contribution in [2.45, 2.75) is 44.4 Å². The first-order valence-corrected chi connectivity index (χ1v) is 5.76. The van der Waals surface area contributed by atoms with Crippen molar-refractivity contribution in [3.05, 3.63) is 35.9 Å². The lowest BCUT2D eigenvalue weighted by Crippen LogP contribution is -2.37. The van der Waals surface area contributed by atoms with Gasteiger partial charge >= 0.3 is 0 Å². The molecule has 0 bridgehead atoms. The standard InChI is InChI=1S/C13H19NO/c1-10(11-6-3-2-4-7-11)14-12-8-5-9-13(12)15/h2-4,6-7,10,12-15H,5,8-9H2,1H3/t10-,12-,13+/m1/s1. The molecule has 82 valence electrons. The van der Waals surface area contributed by atoms with Gasteiger partial charge in [-0.05, 0) is 31.7 Å². The molecule has 0 spiro atoms. The van der Waals surface area contributed by atoms with Crippen molar-refractivity contribution < 1.29 is 5.11 Å². The van der Waals surface area contributed by atoms with E-state index in [4.69, 9.17) is 0 Å². The third-order valence-electron chi connectivity index (χ3n) is 3.24. The number of rotatable bonds is 3. The monoisotopic (exact) mass is 205 g/mol. The fourth-order valence-electron chi connectivity index (χ4n) is 2.29. The van der Waals surface area contributed by atoms with Crippen LogP contribution in [0.2, 0.25) is 0 Å². The van der Waals surface area contributed by atoms with Crippen molar-refractivity contribution >= 4 is 0 Å². The van der Waals surface area contributed by atoms with Gasteiger partial charge in [-0.3, -0.25) is 0 Å². The molecule has 0 radical (unpaired) electrons. The first-order valence-electron chi connectivity index (χ1n) is 5.76. The van der Waals surface area contributed by atoms with Gasteiger partial charge in [-0.1, -0.05) is 30.3 Å². The Kier molecular flexibility index (Phi) is 3.39. The summed E-state index contributed by atoms with van der Waals surface area (Å²) in [6, 6.07) is 11.0. The average molecular weight is 205 g/mol. The fraction of sp³-hybridized carbons (Fsp3) is 0.538. The minimum absolute atomic E-state index is 0.156. The van der Waals surface area contributed by atoms with Gasteiger partial charge in [-0.2, -0.15) is 0 Å². The van der Waals surface area contributed by atoms with Crippen LogP contribution in [0.3, 0.4) is 0 Å². The summed E-state index contributed by atoms with van der Waals surface area (Å²) in [5.74, 6) is 0. The molecule has 0 saturated heterocycles. The summed E-state index contributed by atoms with van der Waals surface area (Å²) in [6.45, 7) is 2.15. The van der Waals surface area contributed by atoms with Crippen LogP contribution in [-0.2, 0) is 0 Å². The number of benzene rings is 1. The van der Waals surface area contributed by atoms with Crippen LogP contribution < -0.4 is 5.32 Å². The molecule has 0 aliphatic heterocycles. The summed E-state index contributed by atoms with van der Waals surface area (Å²) in [5.41, 5.74) is 1.29. The molecule has 1 aromatic carbocycles. The zero-order valence-corrected chi connectivity index (χ0v) is 9.19. The molecule has 1 fully saturated rings. The van der Waals surface area contributed by atoms with Crippen molar-refractivity contribution in [2.75, 3.05) is 0 Å². The van der Waals surface area contributed by atoms with Crippen LogP contribution in [0.25, 0.3) is 0 Å². The Hall–Kier alpha value is -0.860. The molecule has 1 aliphatic carbocycles. The smallest absolute Gasteiger partial charge is 0.0693 e. The fourth-order valence-corrected chi connectivity index (χ4v) is 2.29. The summed E-state index contributed by atoms with van der Waals surface area (Å²) < 4.78 is 0. The Morgan fingerprint density at radius 2 is 2.00 bits per heavy atom. The molecule has 2 rings (SSSR count). The van der Waals surface area contributed by atoms with E-state index in [1.54, 1.807) is 0 Å². The minimum Gasteiger partial charge on any atom is -0.392 e. The Morgan fingerprint density at radius 1 is 1.27 bits per heavy atom. The average Bonchev–Trinajstić information content (AvgIpc) is 2.66. The van der Waals surface area contributed by atoms with Crippen molar-refractivity contribution in [1.82, 2.24) is 5.32 Å². The van der Waals surface area contributed by atoms with Gasteiger partial charge in [0.15, 0.2) is 0 Å². The van der Waals surface area contributed by atoms with E-state index < -0.39 is 0 Å². The number of hydrogen-bond acceptors (Lipinski definition) is 2. The van der Waals surface area contributed by atoms with E-state index in [2.05, 4.69) is 36.5 Å². The first kappa shape index (κ1) is 10.7. The molecular weight excluding hydrogens is 186 g/mol. The lowest BCUT2D eigenvalue weighted by molar-refractivity contribution is 0.144. The highest BCUT2D eigenvalue weighted by Gasteiger charge is 2.26. The largest absolute Gasteiger partial charge is 0.392 e. The number of aliphatic hydroxyl groups is 1. The maximum Gasteiger partial charge on any atom is 0.0693 e. The van der Waals surface area contributed by atoms with Crippen LogP contribution in [-0.4, -0.2) is 17.3 Å². The molecule has 0 heterocycles. The van der Waals surface area contributed by atoms with E-state index in [-0.39, 0.29) is 12.1 Å². The van der Waals surface area contributed by atoms with Gasteiger partial charge in [-0.15, -0.1) is 0 Å². The second-order valence-electron chi connectivity index (χ2n) is 4.40. The number of nitrogens with one attached hydrogen (secondary N) is 1. The highest BCUT2D eigenvalue weighted by atomic mass is 16.3. The van der Waals surface area contributed by atoms with E-state index in [0.717, 1.165) is 19.3 Å². The maximum atomic E-state index is 9.72. The van der Waals surface area contributed by atoms with E-state index >= 15 is 0 Å². The topological polar surface area (TPSA) is 32.3 Å². The molecule has 2 heteroatoms. The van der Waals surface area contributed by atoms with Crippen LogP contribution in [0, 0.1) is 0 Å². The van der Waals surface area contributed by atoms with Crippen molar-refractivity contribution in [1.29, 1.82) is 0 Å². The molecule has 0 unspecified atom stereocenters. The molecule has 15 heavy (non-hydrogen) atoms. The normalized spacial score (nSPS) is 27.9. The number of hydrogen-bond donors (Lipinski definition) is 2. The predicted octanol–water partition coefficient (Wildman–Crippen LogP) is 2.25. The second kappa shape index (κ2) is 4.77. The van der Waals surface area contributed by atoms with Gasteiger partial charge in [0.05, 0.1) is 6.10 Å². The molecule has 0 amide bonds. The Balaban J connectivity index is 1.95. The molecule has 1 aliphatic rings. The van der Waals surface area contributed by atoms with Gasteiger partial charge in [-0.25, -0.2) is 0 Å². The highest BCUT2D eigenvalue weighted by molar-refractivity contribution is 5.18. The second-order valence-corrected chi connectivity index (χ2v) is 4.40. The summed E-state index contributed by atoms with van der Waals surface area (Å²) >= 11 is 0. The third-order valence-corrected chi connectivity index (χ3v) is 3.24. The van der Waals surface area contributed by atoms with Gasteiger partial charge < -0.3 is 10.4 Å². The van der Waals surface area contributed by atoms with E-state index in [1.807, 2.05) is 6.07 Å². The van der Waals surface area contributed by atoms with E-state index in [9.17, 15) is 5.11 Å². The van der Waals surface area contributed by atoms with Gasteiger partial charge in [0.25, 0.3) is 0 Å². The molecule has 1 saturated carbocycles.